The molecular weight excluding hydrogens is 350 g/mol. The van der Waals surface area contributed by atoms with E-state index >= 15 is 0 Å². The Bertz CT molecular complexity index is 688. The summed E-state index contributed by atoms with van der Waals surface area (Å²) in [6, 6.07) is 6.44. The van der Waals surface area contributed by atoms with E-state index in [1.54, 1.807) is 0 Å². The third-order valence-electron chi connectivity index (χ3n) is 4.95. The molecule has 156 valence electrons. The van der Waals surface area contributed by atoms with E-state index in [0.29, 0.717) is 18.9 Å². The van der Waals surface area contributed by atoms with Crippen LogP contribution in [0.25, 0.3) is 6.08 Å². The summed E-state index contributed by atoms with van der Waals surface area (Å²) in [6.07, 6.45) is 6.00. The minimum atomic E-state index is -0.418. The molecule has 0 amide bonds. The van der Waals surface area contributed by atoms with E-state index in [-0.39, 0.29) is 5.97 Å². The van der Waals surface area contributed by atoms with Gasteiger partial charge in [-0.15, -0.1) is 0 Å². The van der Waals surface area contributed by atoms with Gasteiger partial charge in [0.2, 0.25) is 0 Å². The zero-order chi connectivity index (χ0) is 20.7. The van der Waals surface area contributed by atoms with Crippen molar-refractivity contribution in [3.05, 3.63) is 34.9 Å². The number of nitrogens with zero attached hydrogens (tertiary/aromatic N) is 1. The highest BCUT2D eigenvalue weighted by molar-refractivity contribution is 5.70. The molecule has 1 atom stereocenters. The lowest BCUT2D eigenvalue weighted by Crippen LogP contribution is -2.30. The summed E-state index contributed by atoms with van der Waals surface area (Å²) in [5, 5.41) is 0. The van der Waals surface area contributed by atoms with Crippen molar-refractivity contribution in [2.75, 3.05) is 26.7 Å². The predicted octanol–water partition coefficient (Wildman–Crippen LogP) is 5.10. The topological polar surface area (TPSA) is 38.8 Å². The van der Waals surface area contributed by atoms with Gasteiger partial charge in [0.15, 0.2) is 0 Å². The Morgan fingerprint density at radius 3 is 2.71 bits per heavy atom. The Balaban J connectivity index is 1.93. The number of carbonyl (C=O) groups excluding carboxylic acids is 1. The van der Waals surface area contributed by atoms with Crippen LogP contribution in [0, 0.1) is 5.92 Å². The summed E-state index contributed by atoms with van der Waals surface area (Å²) in [5.41, 5.74) is 3.65. The normalized spacial score (nSPS) is 16.5. The number of hydrogen-bond donors (Lipinski definition) is 0. The molecule has 0 saturated heterocycles. The molecule has 28 heavy (non-hydrogen) atoms. The maximum Gasteiger partial charge on any atom is 0.307 e. The maximum atomic E-state index is 11.9. The number of benzene rings is 1. The molecule has 1 aromatic carbocycles. The number of hydrogen-bond acceptors (Lipinski definition) is 4. The second-order valence-electron chi connectivity index (χ2n) is 8.96. The lowest BCUT2D eigenvalue weighted by molar-refractivity contribution is -0.155. The van der Waals surface area contributed by atoms with E-state index in [9.17, 15) is 4.79 Å². The molecule has 1 aliphatic rings. The Morgan fingerprint density at radius 1 is 1.29 bits per heavy atom. The molecule has 0 spiro atoms. The fourth-order valence-corrected chi connectivity index (χ4v) is 3.39. The molecule has 2 rings (SSSR count). The van der Waals surface area contributed by atoms with Gasteiger partial charge in [-0.25, -0.2) is 0 Å². The van der Waals surface area contributed by atoms with Crippen molar-refractivity contribution in [2.45, 2.75) is 65.9 Å². The highest BCUT2D eigenvalue weighted by Gasteiger charge is 2.20. The van der Waals surface area contributed by atoms with E-state index < -0.39 is 5.60 Å². The van der Waals surface area contributed by atoms with Crippen LogP contribution in [0.4, 0.5) is 0 Å². The first kappa shape index (κ1) is 22.5. The fraction of sp³-hybridized carbons (Fsp3) is 0.625. The van der Waals surface area contributed by atoms with Crippen LogP contribution >= 0.6 is 0 Å². The van der Waals surface area contributed by atoms with Crippen molar-refractivity contribution in [3.8, 4) is 5.75 Å². The van der Waals surface area contributed by atoms with Gasteiger partial charge in [-0.3, -0.25) is 4.79 Å². The highest BCUT2D eigenvalue weighted by atomic mass is 16.6. The van der Waals surface area contributed by atoms with Crippen LogP contribution in [0.15, 0.2) is 23.8 Å². The van der Waals surface area contributed by atoms with Crippen LogP contribution in [0.5, 0.6) is 5.75 Å². The third-order valence-corrected chi connectivity index (χ3v) is 4.95. The van der Waals surface area contributed by atoms with Crippen LogP contribution in [-0.4, -0.2) is 43.2 Å². The molecule has 0 bridgehead atoms. The first-order valence-electron chi connectivity index (χ1n) is 10.5. The largest absolute Gasteiger partial charge is 0.494 e. The van der Waals surface area contributed by atoms with E-state index in [2.05, 4.69) is 50.1 Å². The molecule has 4 nitrogen and oxygen atoms in total. The zero-order valence-corrected chi connectivity index (χ0v) is 18.5. The number of esters is 1. The summed E-state index contributed by atoms with van der Waals surface area (Å²) in [6.45, 7) is 12.5. The Hall–Kier alpha value is -1.81. The molecule has 0 N–H and O–H groups in total. The van der Waals surface area contributed by atoms with Crippen molar-refractivity contribution in [2.24, 2.45) is 5.92 Å². The van der Waals surface area contributed by atoms with Gasteiger partial charge in [-0.2, -0.15) is 0 Å². The van der Waals surface area contributed by atoms with Crippen LogP contribution in [0.2, 0.25) is 0 Å². The van der Waals surface area contributed by atoms with Gasteiger partial charge in [0.25, 0.3) is 0 Å². The average Bonchev–Trinajstić information content (AvgIpc) is 2.59. The van der Waals surface area contributed by atoms with Gasteiger partial charge in [-0.1, -0.05) is 38.0 Å². The van der Waals surface area contributed by atoms with Crippen molar-refractivity contribution in [1.82, 2.24) is 4.90 Å². The van der Waals surface area contributed by atoms with Crippen LogP contribution in [0.1, 0.15) is 65.0 Å². The Kier molecular flexibility index (Phi) is 8.11. The standard InChI is InChI=1S/C24H37NO3/c1-7-8-13-27-22-10-9-19-15-21(18(2)14-20(19)16-22)17-25(6)12-11-23(26)28-24(3,4)5/h9-10,15-16,18H,7-8,11-14,17H2,1-6H3/t18-/m1/s1. The van der Waals surface area contributed by atoms with Crippen molar-refractivity contribution in [3.63, 3.8) is 0 Å². The van der Waals surface area contributed by atoms with Crippen LogP contribution in [-0.2, 0) is 16.0 Å². The molecule has 0 radical (unpaired) electrons. The molecule has 0 aliphatic heterocycles. The van der Waals surface area contributed by atoms with Gasteiger partial charge in [0.1, 0.15) is 11.4 Å². The predicted molar refractivity (Wildman–Crippen MR) is 116 cm³/mol. The second-order valence-corrected chi connectivity index (χ2v) is 8.96. The maximum absolute atomic E-state index is 11.9. The number of rotatable bonds is 9. The second kappa shape index (κ2) is 10.1. The number of fused-ring (bicyclic) bond motifs is 1. The van der Waals surface area contributed by atoms with E-state index in [1.807, 2.05) is 20.8 Å². The quantitative estimate of drug-likeness (QED) is 0.436. The van der Waals surface area contributed by atoms with E-state index in [1.165, 1.54) is 16.7 Å². The average molecular weight is 388 g/mol. The molecular formula is C24H37NO3. The van der Waals surface area contributed by atoms with Gasteiger partial charge in [-0.05, 0) is 69.8 Å². The van der Waals surface area contributed by atoms with Crippen LogP contribution in [0.3, 0.4) is 0 Å². The minimum Gasteiger partial charge on any atom is -0.494 e. The number of ether oxygens (including phenoxy) is 2. The molecule has 1 aromatic rings. The minimum absolute atomic E-state index is 0.133. The first-order chi connectivity index (χ1) is 13.2. The van der Waals surface area contributed by atoms with E-state index in [4.69, 9.17) is 9.47 Å². The fourth-order valence-electron chi connectivity index (χ4n) is 3.39. The molecule has 0 heterocycles. The van der Waals surface area contributed by atoms with Crippen molar-refractivity contribution >= 4 is 12.0 Å². The van der Waals surface area contributed by atoms with E-state index in [0.717, 1.165) is 38.2 Å². The molecule has 1 aliphatic carbocycles. The lowest BCUT2D eigenvalue weighted by atomic mass is 9.84. The highest BCUT2D eigenvalue weighted by Crippen LogP contribution is 2.31. The molecule has 0 aromatic heterocycles. The van der Waals surface area contributed by atoms with Gasteiger partial charge in [0.05, 0.1) is 13.0 Å². The van der Waals surface area contributed by atoms with Crippen molar-refractivity contribution < 1.29 is 14.3 Å². The number of unbranched alkanes of at least 4 members (excludes halogenated alkanes) is 1. The summed E-state index contributed by atoms with van der Waals surface area (Å²) >= 11 is 0. The molecule has 0 unspecified atom stereocenters. The summed E-state index contributed by atoms with van der Waals surface area (Å²) in [7, 11) is 2.07. The van der Waals surface area contributed by atoms with Gasteiger partial charge < -0.3 is 14.4 Å². The van der Waals surface area contributed by atoms with Crippen molar-refractivity contribution in [1.29, 1.82) is 0 Å². The Morgan fingerprint density at radius 2 is 2.04 bits per heavy atom. The van der Waals surface area contributed by atoms with Gasteiger partial charge in [0, 0.05) is 13.1 Å². The van der Waals surface area contributed by atoms with Crippen LogP contribution < -0.4 is 4.74 Å². The number of likely N-dealkylation sites (N-methyl/N-ethyl adjacent to an activating group) is 1. The number of carbonyl (C=O) groups is 1. The summed E-state index contributed by atoms with van der Waals surface area (Å²) < 4.78 is 11.3. The summed E-state index contributed by atoms with van der Waals surface area (Å²) in [5.74, 6) is 1.33. The zero-order valence-electron chi connectivity index (χ0n) is 18.5. The SMILES string of the molecule is CCCCOc1ccc2c(c1)C[C@@H](C)C(CN(C)CCC(=O)OC(C)(C)C)=C2. The Labute approximate surface area is 170 Å². The smallest absolute Gasteiger partial charge is 0.307 e. The van der Waals surface area contributed by atoms with Gasteiger partial charge >= 0.3 is 5.97 Å². The lowest BCUT2D eigenvalue weighted by Gasteiger charge is -2.27. The first-order valence-corrected chi connectivity index (χ1v) is 10.5. The molecule has 4 heteroatoms. The molecule has 0 saturated carbocycles. The summed E-state index contributed by atoms with van der Waals surface area (Å²) in [4.78, 5) is 14.1. The monoisotopic (exact) mass is 387 g/mol. The third kappa shape index (κ3) is 7.31. The molecule has 0 fully saturated rings.